The minimum Gasteiger partial charge on any atom is -0.339 e. The number of para-hydroxylation sites is 1. The quantitative estimate of drug-likeness (QED) is 0.868. The molecule has 0 radical (unpaired) electrons. The van der Waals surface area contributed by atoms with Gasteiger partial charge in [0.1, 0.15) is 0 Å². The van der Waals surface area contributed by atoms with Crippen LogP contribution in [0.5, 0.6) is 0 Å². The summed E-state index contributed by atoms with van der Waals surface area (Å²) < 4.78 is 1.84. The Hall–Kier alpha value is -2.10. The summed E-state index contributed by atoms with van der Waals surface area (Å²) in [7, 11) is 1.93. The van der Waals surface area contributed by atoms with Gasteiger partial charge in [0, 0.05) is 13.1 Å². The summed E-state index contributed by atoms with van der Waals surface area (Å²) >= 11 is 0. The molecule has 0 unspecified atom stereocenters. The van der Waals surface area contributed by atoms with E-state index in [1.54, 1.807) is 6.20 Å². The third-order valence-corrected chi connectivity index (χ3v) is 4.68. The molecule has 0 N–H and O–H groups in total. The van der Waals surface area contributed by atoms with Crippen LogP contribution in [-0.2, 0) is 0 Å². The highest BCUT2D eigenvalue weighted by atomic mass is 16.2. The van der Waals surface area contributed by atoms with E-state index in [0.29, 0.717) is 11.6 Å². The van der Waals surface area contributed by atoms with E-state index in [2.05, 4.69) is 5.10 Å². The lowest BCUT2D eigenvalue weighted by Gasteiger charge is -2.31. The highest BCUT2D eigenvalue weighted by Gasteiger charge is 2.25. The average molecular weight is 297 g/mol. The van der Waals surface area contributed by atoms with Crippen molar-refractivity contribution in [2.45, 2.75) is 45.1 Å². The van der Waals surface area contributed by atoms with Crippen molar-refractivity contribution in [3.05, 3.63) is 47.8 Å². The largest absolute Gasteiger partial charge is 0.339 e. The van der Waals surface area contributed by atoms with Gasteiger partial charge in [0.15, 0.2) is 0 Å². The SMILES string of the molecule is Cc1c(C(=O)N(C)C2CCCCC2)cnn1-c1ccccc1. The van der Waals surface area contributed by atoms with Crippen LogP contribution in [0.4, 0.5) is 0 Å². The normalized spacial score (nSPS) is 15.7. The summed E-state index contributed by atoms with van der Waals surface area (Å²) in [6.07, 6.45) is 7.69. The van der Waals surface area contributed by atoms with Crippen LogP contribution in [0.2, 0.25) is 0 Å². The third-order valence-electron chi connectivity index (χ3n) is 4.68. The number of nitrogens with zero attached hydrogens (tertiary/aromatic N) is 3. The Bertz CT molecular complexity index is 642. The maximum absolute atomic E-state index is 12.8. The number of carbonyl (C=O) groups is 1. The molecule has 0 atom stereocenters. The van der Waals surface area contributed by atoms with Crippen LogP contribution >= 0.6 is 0 Å². The monoisotopic (exact) mass is 297 g/mol. The number of aromatic nitrogens is 2. The Morgan fingerprint density at radius 3 is 2.55 bits per heavy atom. The molecule has 1 fully saturated rings. The van der Waals surface area contributed by atoms with Crippen LogP contribution in [0, 0.1) is 6.92 Å². The first-order valence-electron chi connectivity index (χ1n) is 8.05. The van der Waals surface area contributed by atoms with E-state index in [1.165, 1.54) is 19.3 Å². The fourth-order valence-electron chi connectivity index (χ4n) is 3.27. The summed E-state index contributed by atoms with van der Waals surface area (Å²) in [6, 6.07) is 10.3. The van der Waals surface area contributed by atoms with Crippen molar-refractivity contribution < 1.29 is 4.79 Å². The summed E-state index contributed by atoms with van der Waals surface area (Å²) in [5, 5.41) is 4.40. The average Bonchev–Trinajstić information content (AvgIpc) is 2.96. The molecule has 1 aliphatic rings. The molecule has 3 rings (SSSR count). The van der Waals surface area contributed by atoms with E-state index in [1.807, 2.05) is 53.9 Å². The summed E-state index contributed by atoms with van der Waals surface area (Å²) in [6.45, 7) is 1.96. The van der Waals surface area contributed by atoms with Gasteiger partial charge >= 0.3 is 0 Å². The second kappa shape index (κ2) is 6.34. The molecular weight excluding hydrogens is 274 g/mol. The molecule has 1 saturated carbocycles. The molecule has 4 nitrogen and oxygen atoms in total. The first-order chi connectivity index (χ1) is 10.7. The minimum absolute atomic E-state index is 0.0894. The Kier molecular flexibility index (Phi) is 4.27. The molecule has 4 heteroatoms. The van der Waals surface area contributed by atoms with Gasteiger partial charge < -0.3 is 4.90 Å². The number of hydrogen-bond donors (Lipinski definition) is 0. The first kappa shape index (κ1) is 14.8. The molecule has 0 aliphatic heterocycles. The molecule has 1 aliphatic carbocycles. The van der Waals surface area contributed by atoms with Crippen molar-refractivity contribution in [2.75, 3.05) is 7.05 Å². The maximum Gasteiger partial charge on any atom is 0.257 e. The van der Waals surface area contributed by atoms with Gasteiger partial charge in [0.25, 0.3) is 5.91 Å². The zero-order valence-electron chi connectivity index (χ0n) is 13.3. The number of hydrogen-bond acceptors (Lipinski definition) is 2. The standard InChI is InChI=1S/C18H23N3O/c1-14-17(13-19-21(14)16-11-7-4-8-12-16)18(22)20(2)15-9-5-3-6-10-15/h4,7-8,11-13,15H,3,5-6,9-10H2,1-2H3. The lowest BCUT2D eigenvalue weighted by Crippen LogP contribution is -2.38. The lowest BCUT2D eigenvalue weighted by atomic mass is 9.94. The molecule has 1 amide bonds. The minimum atomic E-state index is 0.0894. The second-order valence-electron chi connectivity index (χ2n) is 6.10. The topological polar surface area (TPSA) is 38.1 Å². The van der Waals surface area contributed by atoms with Crippen molar-refractivity contribution >= 4 is 5.91 Å². The Labute approximate surface area is 131 Å². The first-order valence-corrected chi connectivity index (χ1v) is 8.05. The zero-order valence-corrected chi connectivity index (χ0v) is 13.3. The molecule has 1 heterocycles. The molecule has 1 aromatic heterocycles. The Morgan fingerprint density at radius 2 is 1.86 bits per heavy atom. The second-order valence-corrected chi connectivity index (χ2v) is 6.10. The van der Waals surface area contributed by atoms with Gasteiger partial charge in [0.05, 0.1) is 23.1 Å². The van der Waals surface area contributed by atoms with Crippen molar-refractivity contribution in [1.82, 2.24) is 14.7 Å². The van der Waals surface area contributed by atoms with Crippen molar-refractivity contribution in [1.29, 1.82) is 0 Å². The van der Waals surface area contributed by atoms with E-state index in [-0.39, 0.29) is 5.91 Å². The zero-order chi connectivity index (χ0) is 15.5. The molecule has 0 saturated heterocycles. The van der Waals surface area contributed by atoms with Gasteiger partial charge in [-0.2, -0.15) is 5.10 Å². The van der Waals surface area contributed by atoms with E-state index < -0.39 is 0 Å². The Balaban J connectivity index is 1.83. The number of amides is 1. The molecule has 116 valence electrons. The van der Waals surface area contributed by atoms with Gasteiger partial charge in [-0.3, -0.25) is 4.79 Å². The van der Waals surface area contributed by atoms with Crippen LogP contribution in [-0.4, -0.2) is 33.7 Å². The van der Waals surface area contributed by atoms with Crippen LogP contribution in [0.15, 0.2) is 36.5 Å². The van der Waals surface area contributed by atoms with E-state index >= 15 is 0 Å². The van der Waals surface area contributed by atoms with Gasteiger partial charge in [-0.1, -0.05) is 37.5 Å². The summed E-state index contributed by atoms with van der Waals surface area (Å²) in [4.78, 5) is 14.7. The molecular formula is C18H23N3O. The molecule has 0 spiro atoms. The van der Waals surface area contributed by atoms with Crippen LogP contribution in [0.3, 0.4) is 0 Å². The van der Waals surface area contributed by atoms with Crippen molar-refractivity contribution in [3.63, 3.8) is 0 Å². The maximum atomic E-state index is 12.8. The van der Waals surface area contributed by atoms with E-state index in [9.17, 15) is 4.79 Å². The number of benzene rings is 1. The highest BCUT2D eigenvalue weighted by molar-refractivity contribution is 5.95. The number of rotatable bonds is 3. The van der Waals surface area contributed by atoms with Gasteiger partial charge in [-0.15, -0.1) is 0 Å². The predicted molar refractivity (Wildman–Crippen MR) is 87.3 cm³/mol. The Morgan fingerprint density at radius 1 is 1.18 bits per heavy atom. The van der Waals surface area contributed by atoms with E-state index in [4.69, 9.17) is 0 Å². The predicted octanol–water partition coefficient (Wildman–Crippen LogP) is 3.59. The number of carbonyl (C=O) groups excluding carboxylic acids is 1. The van der Waals surface area contributed by atoms with Crippen molar-refractivity contribution in [2.24, 2.45) is 0 Å². The highest BCUT2D eigenvalue weighted by Crippen LogP contribution is 2.24. The van der Waals surface area contributed by atoms with Crippen LogP contribution in [0.25, 0.3) is 5.69 Å². The van der Waals surface area contributed by atoms with E-state index in [0.717, 1.165) is 24.2 Å². The molecule has 22 heavy (non-hydrogen) atoms. The molecule has 2 aromatic rings. The third kappa shape index (κ3) is 2.78. The molecule has 1 aromatic carbocycles. The summed E-state index contributed by atoms with van der Waals surface area (Å²) in [5.74, 6) is 0.0894. The van der Waals surface area contributed by atoms with Gasteiger partial charge in [0.2, 0.25) is 0 Å². The van der Waals surface area contributed by atoms with Gasteiger partial charge in [-0.05, 0) is 31.9 Å². The molecule has 0 bridgehead atoms. The summed E-state index contributed by atoms with van der Waals surface area (Å²) in [5.41, 5.74) is 2.59. The lowest BCUT2D eigenvalue weighted by molar-refractivity contribution is 0.0695. The van der Waals surface area contributed by atoms with Crippen molar-refractivity contribution in [3.8, 4) is 5.69 Å². The smallest absolute Gasteiger partial charge is 0.257 e. The van der Waals surface area contributed by atoms with Crippen LogP contribution in [0.1, 0.15) is 48.2 Å². The fraction of sp³-hybridized carbons (Fsp3) is 0.444. The van der Waals surface area contributed by atoms with Crippen LogP contribution < -0.4 is 0 Å². The van der Waals surface area contributed by atoms with Gasteiger partial charge in [-0.25, -0.2) is 4.68 Å². The fourth-order valence-corrected chi connectivity index (χ4v) is 3.27.